The number of nitrogens with zero attached hydrogens (tertiary/aromatic N) is 3. The molecule has 254 valence electrons. The standard InChI is InChI=1S/C36H44N6O5S/c1-25(2)33(41-35(45)42(3)21-30-23-48-24-38-30)34(44)40-31(18-27-13-8-5-9-14-27)32(43)19-29(17-26-11-6-4-7-12-26)39-36(46)47-22-28-15-10-16-37-20-28/h4-16,20,23-25,29,31-33,43H,17-19,21-22H2,1-3H3,(H,39,46)(H,40,44)(H,41,45)/t29-,31-,32-,33-/m0/s1. The minimum absolute atomic E-state index is 0.0498. The monoisotopic (exact) mass is 672 g/mol. The number of nitrogens with one attached hydrogen (secondary N) is 3. The zero-order valence-electron chi connectivity index (χ0n) is 27.5. The van der Waals surface area contributed by atoms with Gasteiger partial charge in [-0.15, -0.1) is 11.3 Å². The number of carbonyl (C=O) groups is 3. The molecule has 12 heteroatoms. The predicted molar refractivity (Wildman–Crippen MR) is 185 cm³/mol. The molecule has 0 fully saturated rings. The third-order valence-corrected chi connectivity index (χ3v) is 8.45. The highest BCUT2D eigenvalue weighted by atomic mass is 32.1. The number of aromatic nitrogens is 2. The van der Waals surface area contributed by atoms with Crippen molar-refractivity contribution in [1.29, 1.82) is 0 Å². The first-order valence-corrected chi connectivity index (χ1v) is 16.9. The summed E-state index contributed by atoms with van der Waals surface area (Å²) in [5.41, 5.74) is 5.09. The van der Waals surface area contributed by atoms with Gasteiger partial charge in [0.25, 0.3) is 0 Å². The van der Waals surface area contributed by atoms with E-state index in [1.54, 1.807) is 31.0 Å². The Hall–Kier alpha value is -4.81. The third-order valence-electron chi connectivity index (χ3n) is 7.81. The van der Waals surface area contributed by atoms with Gasteiger partial charge >= 0.3 is 12.1 Å². The van der Waals surface area contributed by atoms with Crippen LogP contribution in [0.25, 0.3) is 0 Å². The zero-order chi connectivity index (χ0) is 34.3. The molecule has 0 unspecified atom stereocenters. The molecule has 4 N–H and O–H groups in total. The van der Waals surface area contributed by atoms with E-state index in [0.29, 0.717) is 19.4 Å². The van der Waals surface area contributed by atoms with Gasteiger partial charge in [-0.1, -0.05) is 80.6 Å². The molecule has 0 spiro atoms. The molecule has 0 saturated heterocycles. The zero-order valence-corrected chi connectivity index (χ0v) is 28.3. The van der Waals surface area contributed by atoms with Crippen molar-refractivity contribution >= 4 is 29.4 Å². The lowest BCUT2D eigenvalue weighted by Gasteiger charge is -2.31. The van der Waals surface area contributed by atoms with E-state index in [0.717, 1.165) is 22.4 Å². The van der Waals surface area contributed by atoms with E-state index in [-0.39, 0.29) is 18.9 Å². The summed E-state index contributed by atoms with van der Waals surface area (Å²) < 4.78 is 5.46. The van der Waals surface area contributed by atoms with Crippen LogP contribution < -0.4 is 16.0 Å². The maximum atomic E-state index is 13.8. The van der Waals surface area contributed by atoms with E-state index < -0.39 is 42.3 Å². The van der Waals surface area contributed by atoms with Gasteiger partial charge in [-0.05, 0) is 42.4 Å². The molecular formula is C36H44N6O5S. The van der Waals surface area contributed by atoms with Crippen molar-refractivity contribution in [3.05, 3.63) is 118 Å². The molecule has 4 amide bonds. The number of ether oxygens (including phenoxy) is 1. The summed E-state index contributed by atoms with van der Waals surface area (Å²) in [5, 5.41) is 22.4. The van der Waals surface area contributed by atoms with Crippen molar-refractivity contribution in [2.24, 2.45) is 5.92 Å². The molecule has 4 rings (SSSR count). The van der Waals surface area contributed by atoms with E-state index in [2.05, 4.69) is 25.9 Å². The van der Waals surface area contributed by atoms with Gasteiger partial charge in [0.05, 0.1) is 29.9 Å². The van der Waals surface area contributed by atoms with E-state index in [1.165, 1.54) is 16.2 Å². The van der Waals surface area contributed by atoms with Gasteiger partial charge in [0, 0.05) is 36.4 Å². The number of benzene rings is 2. The largest absolute Gasteiger partial charge is 0.445 e. The SMILES string of the molecule is CC(C)[C@H](NC(=O)N(C)Cc1cscn1)C(=O)N[C@@H](Cc1ccccc1)[C@@H](O)C[C@H](Cc1ccccc1)NC(=O)OCc1cccnc1. The molecule has 0 radical (unpaired) electrons. The quantitative estimate of drug-likeness (QED) is 0.135. The second-order valence-electron chi connectivity index (χ2n) is 12.1. The number of urea groups is 1. The van der Waals surface area contributed by atoms with Crippen LogP contribution >= 0.6 is 11.3 Å². The normalized spacial score (nSPS) is 13.5. The lowest BCUT2D eigenvalue weighted by atomic mass is 9.93. The maximum absolute atomic E-state index is 13.8. The molecule has 0 aliphatic rings. The lowest BCUT2D eigenvalue weighted by Crippen LogP contribution is -2.57. The van der Waals surface area contributed by atoms with E-state index >= 15 is 0 Å². The van der Waals surface area contributed by atoms with Gasteiger partial charge < -0.3 is 30.7 Å². The maximum Gasteiger partial charge on any atom is 0.407 e. The molecule has 0 aliphatic carbocycles. The highest BCUT2D eigenvalue weighted by Gasteiger charge is 2.31. The molecule has 0 aliphatic heterocycles. The van der Waals surface area contributed by atoms with Crippen LogP contribution in [0.3, 0.4) is 0 Å². The molecule has 2 heterocycles. The van der Waals surface area contributed by atoms with Crippen LogP contribution in [-0.4, -0.2) is 69.3 Å². The summed E-state index contributed by atoms with van der Waals surface area (Å²) in [6.45, 7) is 4.06. The van der Waals surface area contributed by atoms with Crippen LogP contribution in [-0.2, 0) is 35.5 Å². The van der Waals surface area contributed by atoms with Gasteiger partial charge in [0.1, 0.15) is 12.6 Å². The molecule has 0 bridgehead atoms. The van der Waals surface area contributed by atoms with Crippen molar-refractivity contribution in [2.45, 2.75) is 70.5 Å². The number of aliphatic hydroxyl groups is 1. The number of alkyl carbamates (subject to hydrolysis) is 1. The first-order valence-electron chi connectivity index (χ1n) is 15.9. The van der Waals surface area contributed by atoms with Gasteiger partial charge in [-0.25, -0.2) is 14.6 Å². The predicted octanol–water partition coefficient (Wildman–Crippen LogP) is 4.72. The number of pyridine rings is 1. The van der Waals surface area contributed by atoms with Crippen molar-refractivity contribution in [3.63, 3.8) is 0 Å². The fourth-order valence-corrected chi connectivity index (χ4v) is 5.77. The Kier molecular flexibility index (Phi) is 13.9. The molecule has 4 aromatic rings. The Bertz CT molecular complexity index is 1540. The fraction of sp³-hybridized carbons (Fsp3) is 0.361. The van der Waals surface area contributed by atoms with Gasteiger partial charge in [0.2, 0.25) is 5.91 Å². The number of hydrogen-bond donors (Lipinski definition) is 4. The Labute approximate surface area is 285 Å². The number of rotatable bonds is 16. The Morgan fingerprint density at radius 1 is 0.896 bits per heavy atom. The van der Waals surface area contributed by atoms with E-state index in [1.807, 2.05) is 86.0 Å². The number of aliphatic hydroxyl groups excluding tert-OH is 1. The minimum Gasteiger partial charge on any atom is -0.445 e. The van der Waals surface area contributed by atoms with Crippen LogP contribution in [0, 0.1) is 5.92 Å². The Morgan fingerprint density at radius 3 is 2.17 bits per heavy atom. The van der Waals surface area contributed by atoms with Crippen molar-refractivity contribution in [3.8, 4) is 0 Å². The Balaban J connectivity index is 1.48. The van der Waals surface area contributed by atoms with E-state index in [9.17, 15) is 19.5 Å². The smallest absolute Gasteiger partial charge is 0.407 e. The number of amides is 4. The first-order chi connectivity index (χ1) is 23.2. The topological polar surface area (TPSA) is 146 Å². The first kappa shape index (κ1) is 36.0. The van der Waals surface area contributed by atoms with Crippen LogP contribution in [0.4, 0.5) is 9.59 Å². The molecule has 11 nitrogen and oxygen atoms in total. The molecule has 2 aromatic heterocycles. The Morgan fingerprint density at radius 2 is 1.56 bits per heavy atom. The van der Waals surface area contributed by atoms with E-state index in [4.69, 9.17) is 4.74 Å². The van der Waals surface area contributed by atoms with Crippen LogP contribution in [0.2, 0.25) is 0 Å². The summed E-state index contributed by atoms with van der Waals surface area (Å²) >= 11 is 1.45. The van der Waals surface area contributed by atoms with Gasteiger partial charge in [-0.2, -0.15) is 0 Å². The van der Waals surface area contributed by atoms with Crippen molar-refractivity contribution in [2.75, 3.05) is 7.05 Å². The molecule has 4 atom stereocenters. The van der Waals surface area contributed by atoms with Gasteiger partial charge in [-0.3, -0.25) is 9.78 Å². The van der Waals surface area contributed by atoms with Crippen molar-refractivity contribution in [1.82, 2.24) is 30.8 Å². The minimum atomic E-state index is -1.06. The fourth-order valence-electron chi connectivity index (χ4n) is 5.22. The number of thiazole rings is 1. The highest BCUT2D eigenvalue weighted by Crippen LogP contribution is 2.16. The van der Waals surface area contributed by atoms with Crippen LogP contribution in [0.1, 0.15) is 42.7 Å². The molecule has 0 saturated carbocycles. The summed E-state index contributed by atoms with van der Waals surface area (Å²) in [6.07, 6.45) is 2.48. The number of hydrogen-bond acceptors (Lipinski definition) is 8. The molecule has 48 heavy (non-hydrogen) atoms. The number of carbonyl (C=O) groups excluding carboxylic acids is 3. The average Bonchev–Trinajstić information content (AvgIpc) is 3.60. The molecular weight excluding hydrogens is 629 g/mol. The molecule has 2 aromatic carbocycles. The second kappa shape index (κ2) is 18.5. The summed E-state index contributed by atoms with van der Waals surface area (Å²) in [4.78, 5) is 49.5. The van der Waals surface area contributed by atoms with Crippen LogP contribution in [0.5, 0.6) is 0 Å². The summed E-state index contributed by atoms with van der Waals surface area (Å²) in [7, 11) is 1.65. The summed E-state index contributed by atoms with van der Waals surface area (Å²) in [5.74, 6) is -0.651. The van der Waals surface area contributed by atoms with Crippen LogP contribution in [0.15, 0.2) is 96.1 Å². The average molecular weight is 673 g/mol. The highest BCUT2D eigenvalue weighted by molar-refractivity contribution is 7.07. The summed E-state index contributed by atoms with van der Waals surface area (Å²) in [6, 6.07) is 20.3. The lowest BCUT2D eigenvalue weighted by molar-refractivity contribution is -0.125. The third kappa shape index (κ3) is 11.8. The van der Waals surface area contributed by atoms with Gasteiger partial charge in [0.15, 0.2) is 0 Å². The van der Waals surface area contributed by atoms with Crippen molar-refractivity contribution < 1.29 is 24.2 Å². The second-order valence-corrected chi connectivity index (χ2v) is 12.8.